The molecule has 2 aromatic heterocycles. The van der Waals surface area contributed by atoms with E-state index in [0.29, 0.717) is 33.4 Å². The number of hydrogen-bond acceptors (Lipinski definition) is 5. The van der Waals surface area contributed by atoms with Crippen LogP contribution in [0.5, 0.6) is 0 Å². The zero-order valence-electron chi connectivity index (χ0n) is 21.8. The third-order valence-electron chi connectivity index (χ3n) is 6.04. The van der Waals surface area contributed by atoms with E-state index in [2.05, 4.69) is 47.7 Å². The lowest BCUT2D eigenvalue weighted by molar-refractivity contribution is -0.122. The van der Waals surface area contributed by atoms with Gasteiger partial charge in [0.2, 0.25) is 5.91 Å². The van der Waals surface area contributed by atoms with Crippen LogP contribution in [-0.4, -0.2) is 33.5 Å². The van der Waals surface area contributed by atoms with Crippen molar-refractivity contribution in [3.63, 3.8) is 0 Å². The SMILES string of the molecule is CNCc1cc(-c2cnc3nc(-c4cccc(Cl)c4)n(CC(=O)NC(C)C)c(=O)c3c2)cc(C(C)C)c1. The monoisotopic (exact) mass is 517 g/mol. The number of carbonyl (C=O) groups is 1. The summed E-state index contributed by atoms with van der Waals surface area (Å²) in [4.78, 5) is 35.8. The Morgan fingerprint density at radius 2 is 1.81 bits per heavy atom. The van der Waals surface area contributed by atoms with E-state index in [-0.39, 0.29) is 24.1 Å². The molecule has 2 N–H and O–H groups in total. The smallest absolute Gasteiger partial charge is 0.263 e. The standard InChI is InChI=1S/C29H32ClN5O2/c1-17(2)21-9-19(14-31-5)10-22(11-21)23-13-25-27(32-15-23)34-28(20-7-6-8-24(30)12-20)35(29(25)37)16-26(36)33-18(3)4/h6-13,15,17-18,31H,14,16H2,1-5H3,(H,33,36). The van der Waals surface area contributed by atoms with E-state index in [1.165, 1.54) is 10.1 Å². The highest BCUT2D eigenvalue weighted by Crippen LogP contribution is 2.28. The number of nitrogens with one attached hydrogen (secondary N) is 2. The first-order valence-electron chi connectivity index (χ1n) is 12.4. The maximum atomic E-state index is 13.8. The zero-order valence-corrected chi connectivity index (χ0v) is 22.6. The second-order valence-corrected chi connectivity index (χ2v) is 10.2. The molecular weight excluding hydrogens is 486 g/mol. The van der Waals surface area contributed by atoms with Crippen LogP contribution in [0.1, 0.15) is 44.7 Å². The zero-order chi connectivity index (χ0) is 26.7. The van der Waals surface area contributed by atoms with Crippen molar-refractivity contribution < 1.29 is 4.79 Å². The Balaban J connectivity index is 1.91. The van der Waals surface area contributed by atoms with E-state index in [1.54, 1.807) is 24.4 Å². The Bertz CT molecular complexity index is 1510. The molecule has 4 aromatic rings. The van der Waals surface area contributed by atoms with Crippen molar-refractivity contribution in [2.45, 2.75) is 52.7 Å². The minimum absolute atomic E-state index is 0.0560. The van der Waals surface area contributed by atoms with Gasteiger partial charge in [-0.15, -0.1) is 0 Å². The summed E-state index contributed by atoms with van der Waals surface area (Å²) in [5.41, 5.74) is 4.79. The fourth-order valence-corrected chi connectivity index (χ4v) is 4.48. The molecule has 8 heteroatoms. The van der Waals surface area contributed by atoms with E-state index >= 15 is 0 Å². The molecule has 0 radical (unpaired) electrons. The van der Waals surface area contributed by atoms with Gasteiger partial charge < -0.3 is 10.6 Å². The molecule has 0 spiro atoms. The predicted octanol–water partition coefficient (Wildman–Crippen LogP) is 5.15. The Morgan fingerprint density at radius 1 is 1.03 bits per heavy atom. The van der Waals surface area contributed by atoms with Crippen molar-refractivity contribution in [2.75, 3.05) is 7.05 Å². The minimum atomic E-state index is -0.330. The molecule has 0 aliphatic rings. The lowest BCUT2D eigenvalue weighted by Gasteiger charge is -2.16. The molecule has 0 aliphatic carbocycles. The summed E-state index contributed by atoms with van der Waals surface area (Å²) in [6.07, 6.45) is 1.74. The first kappa shape index (κ1) is 26.5. The second-order valence-electron chi connectivity index (χ2n) is 9.80. The molecule has 192 valence electrons. The Kier molecular flexibility index (Phi) is 8.05. The number of halogens is 1. The Hall–Kier alpha value is -3.55. The lowest BCUT2D eigenvalue weighted by Crippen LogP contribution is -2.37. The number of nitrogens with zero attached hydrogens (tertiary/aromatic N) is 3. The molecule has 2 heterocycles. The first-order valence-corrected chi connectivity index (χ1v) is 12.8. The van der Waals surface area contributed by atoms with Crippen LogP contribution in [0.15, 0.2) is 59.5 Å². The molecule has 37 heavy (non-hydrogen) atoms. The summed E-state index contributed by atoms with van der Waals surface area (Å²) in [5.74, 6) is 0.423. The van der Waals surface area contributed by atoms with Gasteiger partial charge in [-0.05, 0) is 67.8 Å². The van der Waals surface area contributed by atoms with Crippen molar-refractivity contribution in [1.29, 1.82) is 0 Å². The summed E-state index contributed by atoms with van der Waals surface area (Å²) in [5, 5.41) is 6.92. The predicted molar refractivity (Wildman–Crippen MR) is 150 cm³/mol. The van der Waals surface area contributed by atoms with Crippen LogP contribution in [0.2, 0.25) is 5.02 Å². The van der Waals surface area contributed by atoms with Crippen LogP contribution in [0.25, 0.3) is 33.5 Å². The number of hydrogen-bond donors (Lipinski definition) is 2. The van der Waals surface area contributed by atoms with Crippen molar-refractivity contribution in [3.8, 4) is 22.5 Å². The van der Waals surface area contributed by atoms with Crippen molar-refractivity contribution >= 4 is 28.5 Å². The third kappa shape index (κ3) is 6.06. The topological polar surface area (TPSA) is 88.9 Å². The summed E-state index contributed by atoms with van der Waals surface area (Å²) in [7, 11) is 1.92. The van der Waals surface area contributed by atoms with Crippen molar-refractivity contribution in [1.82, 2.24) is 25.2 Å². The summed E-state index contributed by atoms with van der Waals surface area (Å²) in [6, 6.07) is 15.3. The van der Waals surface area contributed by atoms with E-state index in [9.17, 15) is 9.59 Å². The lowest BCUT2D eigenvalue weighted by atomic mass is 9.95. The third-order valence-corrected chi connectivity index (χ3v) is 6.28. The number of carbonyl (C=O) groups excluding carboxylic acids is 1. The minimum Gasteiger partial charge on any atom is -0.352 e. The van der Waals surface area contributed by atoms with Crippen molar-refractivity contribution in [3.05, 3.63) is 81.2 Å². The van der Waals surface area contributed by atoms with E-state index in [4.69, 9.17) is 16.6 Å². The van der Waals surface area contributed by atoms with Crippen molar-refractivity contribution in [2.24, 2.45) is 0 Å². The number of aromatic nitrogens is 3. The molecule has 0 saturated heterocycles. The number of benzene rings is 2. The normalized spacial score (nSPS) is 11.5. The van der Waals surface area contributed by atoms with Gasteiger partial charge in [0.1, 0.15) is 12.4 Å². The van der Waals surface area contributed by atoms with Crippen LogP contribution in [0, 0.1) is 0 Å². The highest BCUT2D eigenvalue weighted by molar-refractivity contribution is 6.30. The molecule has 0 aliphatic heterocycles. The molecule has 7 nitrogen and oxygen atoms in total. The van der Waals surface area contributed by atoms with E-state index < -0.39 is 0 Å². The molecule has 1 amide bonds. The first-order chi connectivity index (χ1) is 17.7. The highest BCUT2D eigenvalue weighted by Gasteiger charge is 2.18. The second kappa shape index (κ2) is 11.2. The van der Waals surface area contributed by atoms with Gasteiger partial charge >= 0.3 is 0 Å². The Labute approximate surface area is 221 Å². The quantitative estimate of drug-likeness (QED) is 0.337. The number of amides is 1. The fraction of sp³-hybridized carbons (Fsp3) is 0.310. The molecule has 0 bridgehead atoms. The van der Waals surface area contributed by atoms with Gasteiger partial charge in [0.25, 0.3) is 5.56 Å². The highest BCUT2D eigenvalue weighted by atomic mass is 35.5. The van der Waals surface area contributed by atoms with Crippen LogP contribution in [-0.2, 0) is 17.9 Å². The molecular formula is C29H32ClN5O2. The van der Waals surface area contributed by atoms with Gasteiger partial charge in [-0.3, -0.25) is 14.2 Å². The van der Waals surface area contributed by atoms with Gasteiger partial charge in [0.05, 0.1) is 5.39 Å². The summed E-state index contributed by atoms with van der Waals surface area (Å²) >= 11 is 6.22. The van der Waals surface area contributed by atoms with E-state index in [1.807, 2.05) is 33.0 Å². The maximum Gasteiger partial charge on any atom is 0.263 e. The van der Waals surface area contributed by atoms with Crippen LogP contribution < -0.4 is 16.2 Å². The average molecular weight is 518 g/mol. The molecule has 4 rings (SSSR count). The van der Waals surface area contributed by atoms with Gasteiger partial charge in [0, 0.05) is 34.9 Å². The van der Waals surface area contributed by atoms with Crippen LogP contribution in [0.4, 0.5) is 0 Å². The summed E-state index contributed by atoms with van der Waals surface area (Å²) in [6.45, 7) is 8.63. The number of pyridine rings is 1. The Morgan fingerprint density at radius 3 is 2.49 bits per heavy atom. The number of fused-ring (bicyclic) bond motifs is 1. The van der Waals surface area contributed by atoms with Crippen LogP contribution >= 0.6 is 11.6 Å². The molecule has 0 saturated carbocycles. The van der Waals surface area contributed by atoms with E-state index in [0.717, 1.165) is 23.2 Å². The largest absolute Gasteiger partial charge is 0.352 e. The molecule has 0 fully saturated rings. The summed E-state index contributed by atoms with van der Waals surface area (Å²) < 4.78 is 1.40. The van der Waals surface area contributed by atoms with Gasteiger partial charge in [-0.25, -0.2) is 9.97 Å². The van der Waals surface area contributed by atoms with Crippen LogP contribution in [0.3, 0.4) is 0 Å². The average Bonchev–Trinajstić information content (AvgIpc) is 2.85. The van der Waals surface area contributed by atoms with Gasteiger partial charge in [-0.1, -0.05) is 49.7 Å². The number of rotatable bonds is 8. The fourth-order valence-electron chi connectivity index (χ4n) is 4.29. The van der Waals surface area contributed by atoms with Gasteiger partial charge in [0.15, 0.2) is 5.65 Å². The molecule has 2 aromatic carbocycles. The maximum absolute atomic E-state index is 13.8. The van der Waals surface area contributed by atoms with Gasteiger partial charge in [-0.2, -0.15) is 0 Å². The molecule has 0 unspecified atom stereocenters. The molecule has 0 atom stereocenters.